The summed E-state index contributed by atoms with van der Waals surface area (Å²) in [5.74, 6) is 5.40. The number of hydrogen-bond donors (Lipinski definition) is 2. The summed E-state index contributed by atoms with van der Waals surface area (Å²) < 4.78 is 0. The van der Waals surface area contributed by atoms with Crippen LogP contribution in [0, 0.1) is 18.8 Å². The number of pyridine rings is 1. The van der Waals surface area contributed by atoms with E-state index < -0.39 is 0 Å². The first-order valence-corrected chi connectivity index (χ1v) is 4.03. The minimum absolute atomic E-state index is 0.0245. The molecule has 0 radical (unpaired) electrons. The van der Waals surface area contributed by atoms with Gasteiger partial charge < -0.3 is 10.1 Å². The van der Waals surface area contributed by atoms with Gasteiger partial charge in [-0.15, -0.1) is 0 Å². The normalized spacial score (nSPS) is 9.08. The Hall–Kier alpha value is -1.53. The van der Waals surface area contributed by atoms with Crippen LogP contribution in [-0.2, 0) is 0 Å². The van der Waals surface area contributed by atoms with Crippen molar-refractivity contribution in [3.8, 4) is 11.8 Å². The number of nitrogens with one attached hydrogen (secondary N) is 1. The third-order valence-electron chi connectivity index (χ3n) is 1.51. The first-order valence-electron chi connectivity index (χ1n) is 4.03. The Labute approximate surface area is 76.4 Å². The molecule has 68 valence electrons. The number of hydrogen-bond acceptors (Lipinski definition) is 2. The summed E-state index contributed by atoms with van der Waals surface area (Å²) in [6, 6.07) is 1.73. The standard InChI is InChI=1S/C10H11NO2/c1-8-6-9(4-2-3-5-12)10(13)11-7-8/h6-7,12H,3,5H2,1H3,(H,11,13). The van der Waals surface area contributed by atoms with Crippen molar-refractivity contribution < 1.29 is 5.11 Å². The largest absolute Gasteiger partial charge is 0.395 e. The van der Waals surface area contributed by atoms with E-state index in [-0.39, 0.29) is 12.2 Å². The quantitative estimate of drug-likeness (QED) is 0.611. The predicted octanol–water partition coefficient (Wildman–Crippen LogP) is 0.417. The van der Waals surface area contributed by atoms with E-state index >= 15 is 0 Å². The SMILES string of the molecule is Cc1c[nH]c(=O)c(C#CCCO)c1. The highest BCUT2D eigenvalue weighted by Crippen LogP contribution is 1.93. The summed E-state index contributed by atoms with van der Waals surface area (Å²) in [5, 5.41) is 8.48. The summed E-state index contributed by atoms with van der Waals surface area (Å²) in [6.45, 7) is 1.91. The Bertz CT molecular complexity index is 395. The lowest BCUT2D eigenvalue weighted by atomic mass is 10.2. The van der Waals surface area contributed by atoms with Gasteiger partial charge in [0, 0.05) is 12.6 Å². The Kier molecular flexibility index (Phi) is 3.30. The molecular formula is C10H11NO2. The lowest BCUT2D eigenvalue weighted by Gasteiger charge is -1.91. The lowest BCUT2D eigenvalue weighted by Crippen LogP contribution is -2.09. The van der Waals surface area contributed by atoms with Crippen LogP contribution in [0.5, 0.6) is 0 Å². The topological polar surface area (TPSA) is 53.1 Å². The van der Waals surface area contributed by atoms with Crippen molar-refractivity contribution in [1.29, 1.82) is 0 Å². The molecule has 1 heterocycles. The molecule has 0 aromatic carbocycles. The van der Waals surface area contributed by atoms with Crippen LogP contribution >= 0.6 is 0 Å². The van der Waals surface area contributed by atoms with Gasteiger partial charge in [0.25, 0.3) is 5.56 Å². The number of H-pyrrole nitrogens is 1. The molecule has 0 saturated heterocycles. The molecule has 13 heavy (non-hydrogen) atoms. The fourth-order valence-corrected chi connectivity index (χ4v) is 0.898. The molecule has 0 bridgehead atoms. The average molecular weight is 177 g/mol. The number of rotatable bonds is 1. The summed E-state index contributed by atoms with van der Waals surface area (Å²) in [7, 11) is 0. The van der Waals surface area contributed by atoms with Gasteiger partial charge >= 0.3 is 0 Å². The summed E-state index contributed by atoms with van der Waals surface area (Å²) >= 11 is 0. The molecule has 0 saturated carbocycles. The van der Waals surface area contributed by atoms with Crippen molar-refractivity contribution in [2.24, 2.45) is 0 Å². The lowest BCUT2D eigenvalue weighted by molar-refractivity contribution is 0.305. The summed E-state index contributed by atoms with van der Waals surface area (Å²) in [5.41, 5.74) is 1.23. The highest BCUT2D eigenvalue weighted by atomic mass is 16.2. The smallest absolute Gasteiger partial charge is 0.263 e. The van der Waals surface area contributed by atoms with Crippen molar-refractivity contribution in [3.63, 3.8) is 0 Å². The number of aromatic amines is 1. The van der Waals surface area contributed by atoms with E-state index in [0.29, 0.717) is 12.0 Å². The van der Waals surface area contributed by atoms with Crippen molar-refractivity contribution in [1.82, 2.24) is 4.98 Å². The Balaban J connectivity index is 2.96. The molecule has 0 aliphatic heterocycles. The van der Waals surface area contributed by atoms with Gasteiger partial charge in [-0.3, -0.25) is 4.79 Å². The van der Waals surface area contributed by atoms with Gasteiger partial charge in [-0.25, -0.2) is 0 Å². The molecule has 1 rings (SSSR count). The van der Waals surface area contributed by atoms with Gasteiger partial charge in [0.2, 0.25) is 0 Å². The molecule has 0 amide bonds. The highest BCUT2D eigenvalue weighted by Gasteiger charge is 1.93. The van der Waals surface area contributed by atoms with Crippen LogP contribution in [0.1, 0.15) is 17.5 Å². The monoisotopic (exact) mass is 177 g/mol. The molecule has 0 spiro atoms. The van der Waals surface area contributed by atoms with Gasteiger partial charge in [0.15, 0.2) is 0 Å². The second-order valence-electron chi connectivity index (χ2n) is 2.70. The number of aliphatic hydroxyl groups is 1. The van der Waals surface area contributed by atoms with E-state index in [9.17, 15) is 4.79 Å². The fourth-order valence-electron chi connectivity index (χ4n) is 0.898. The zero-order valence-corrected chi connectivity index (χ0v) is 7.42. The van der Waals surface area contributed by atoms with Crippen molar-refractivity contribution >= 4 is 0 Å². The second kappa shape index (κ2) is 4.48. The van der Waals surface area contributed by atoms with Gasteiger partial charge in [0.1, 0.15) is 0 Å². The molecule has 3 heteroatoms. The van der Waals surface area contributed by atoms with Crippen LogP contribution in [0.3, 0.4) is 0 Å². The first-order chi connectivity index (χ1) is 6.24. The molecule has 2 N–H and O–H groups in total. The van der Waals surface area contributed by atoms with Gasteiger partial charge in [-0.1, -0.05) is 11.8 Å². The third-order valence-corrected chi connectivity index (χ3v) is 1.51. The van der Waals surface area contributed by atoms with Crippen molar-refractivity contribution in [3.05, 3.63) is 33.7 Å². The molecule has 1 aromatic heterocycles. The minimum Gasteiger partial charge on any atom is -0.395 e. The molecule has 0 fully saturated rings. The van der Waals surface area contributed by atoms with E-state index in [0.717, 1.165) is 5.56 Å². The van der Waals surface area contributed by atoms with Crippen LogP contribution in [0.15, 0.2) is 17.1 Å². The van der Waals surface area contributed by atoms with Crippen molar-refractivity contribution in [2.75, 3.05) is 6.61 Å². The average Bonchev–Trinajstić information content (AvgIpc) is 2.11. The molecule has 0 atom stereocenters. The number of aliphatic hydroxyl groups excluding tert-OH is 1. The fraction of sp³-hybridized carbons (Fsp3) is 0.300. The van der Waals surface area contributed by atoms with Gasteiger partial charge in [-0.2, -0.15) is 0 Å². The Morgan fingerprint density at radius 1 is 1.62 bits per heavy atom. The van der Waals surface area contributed by atoms with Crippen LogP contribution < -0.4 is 5.56 Å². The molecule has 0 unspecified atom stereocenters. The van der Waals surface area contributed by atoms with Crippen LogP contribution in [0.4, 0.5) is 0 Å². The maximum atomic E-state index is 11.1. The van der Waals surface area contributed by atoms with E-state index in [4.69, 9.17) is 5.11 Å². The first kappa shape index (κ1) is 9.56. The zero-order chi connectivity index (χ0) is 9.68. The van der Waals surface area contributed by atoms with E-state index in [1.807, 2.05) is 6.92 Å². The second-order valence-corrected chi connectivity index (χ2v) is 2.70. The number of aryl methyl sites for hydroxylation is 1. The maximum absolute atomic E-state index is 11.1. The predicted molar refractivity (Wildman–Crippen MR) is 50.4 cm³/mol. The maximum Gasteiger partial charge on any atom is 0.263 e. The summed E-state index contributed by atoms with van der Waals surface area (Å²) in [6.07, 6.45) is 2.03. The molecule has 0 aliphatic rings. The third kappa shape index (κ3) is 2.77. The molecule has 1 aromatic rings. The Morgan fingerprint density at radius 3 is 3.08 bits per heavy atom. The number of aromatic nitrogens is 1. The van der Waals surface area contributed by atoms with Crippen LogP contribution in [0.25, 0.3) is 0 Å². The van der Waals surface area contributed by atoms with Gasteiger partial charge in [-0.05, 0) is 18.6 Å². The van der Waals surface area contributed by atoms with Gasteiger partial charge in [0.05, 0.1) is 12.2 Å². The van der Waals surface area contributed by atoms with Crippen LogP contribution in [0.2, 0.25) is 0 Å². The zero-order valence-electron chi connectivity index (χ0n) is 7.42. The van der Waals surface area contributed by atoms with E-state index in [1.165, 1.54) is 0 Å². The minimum atomic E-state index is -0.184. The van der Waals surface area contributed by atoms with Crippen LogP contribution in [-0.4, -0.2) is 16.7 Å². The summed E-state index contributed by atoms with van der Waals surface area (Å²) in [4.78, 5) is 13.7. The molecule has 0 aliphatic carbocycles. The highest BCUT2D eigenvalue weighted by molar-refractivity contribution is 5.33. The van der Waals surface area contributed by atoms with E-state index in [2.05, 4.69) is 16.8 Å². The Morgan fingerprint density at radius 2 is 2.38 bits per heavy atom. The van der Waals surface area contributed by atoms with E-state index in [1.54, 1.807) is 12.3 Å². The molecule has 3 nitrogen and oxygen atoms in total. The molecular weight excluding hydrogens is 166 g/mol. The van der Waals surface area contributed by atoms with Crippen molar-refractivity contribution in [2.45, 2.75) is 13.3 Å².